The summed E-state index contributed by atoms with van der Waals surface area (Å²) in [6.07, 6.45) is -3.38. The first kappa shape index (κ1) is 15.2. The summed E-state index contributed by atoms with van der Waals surface area (Å²) in [6, 6.07) is 1.10. The summed E-state index contributed by atoms with van der Waals surface area (Å²) in [6.45, 7) is -1.60. The number of pyridine rings is 1. The quantitative estimate of drug-likeness (QED) is 0.901. The monoisotopic (exact) mass is 347 g/mol. The van der Waals surface area contributed by atoms with Crippen molar-refractivity contribution >= 4 is 31.8 Å². The molecule has 0 saturated heterocycles. The minimum atomic E-state index is -4.63. The van der Waals surface area contributed by atoms with Crippen molar-refractivity contribution in [1.82, 2.24) is 9.29 Å². The van der Waals surface area contributed by atoms with E-state index in [0.29, 0.717) is 4.47 Å². The Kier molecular flexibility index (Phi) is 4.23. The van der Waals surface area contributed by atoms with Gasteiger partial charge in [0.15, 0.2) is 0 Å². The highest BCUT2D eigenvalue weighted by atomic mass is 79.9. The van der Waals surface area contributed by atoms with Crippen LogP contribution in [0.5, 0.6) is 0 Å². The summed E-state index contributed by atoms with van der Waals surface area (Å²) < 4.78 is 60.7. The van der Waals surface area contributed by atoms with Crippen molar-refractivity contribution in [2.24, 2.45) is 0 Å². The van der Waals surface area contributed by atoms with Crippen molar-refractivity contribution in [1.29, 1.82) is 0 Å². The number of sulfonamides is 1. The van der Waals surface area contributed by atoms with Crippen molar-refractivity contribution < 1.29 is 21.6 Å². The molecule has 0 aliphatic rings. The Morgan fingerprint density at radius 3 is 2.56 bits per heavy atom. The van der Waals surface area contributed by atoms with Crippen LogP contribution in [0.25, 0.3) is 0 Å². The van der Waals surface area contributed by atoms with E-state index in [4.69, 9.17) is 5.73 Å². The van der Waals surface area contributed by atoms with Crippen LogP contribution in [-0.4, -0.2) is 37.5 Å². The Morgan fingerprint density at radius 2 is 2.06 bits per heavy atom. The zero-order valence-corrected chi connectivity index (χ0v) is 11.5. The van der Waals surface area contributed by atoms with E-state index < -0.39 is 27.6 Å². The first-order valence-electron chi connectivity index (χ1n) is 4.48. The summed E-state index contributed by atoms with van der Waals surface area (Å²) in [5, 5.41) is 0. The molecule has 0 fully saturated rings. The van der Waals surface area contributed by atoms with Crippen LogP contribution in [-0.2, 0) is 10.0 Å². The van der Waals surface area contributed by atoms with Gasteiger partial charge in [0.1, 0.15) is 17.3 Å². The summed E-state index contributed by atoms with van der Waals surface area (Å²) in [5.41, 5.74) is 5.36. The Bertz CT molecular complexity index is 547. The predicted octanol–water partition coefficient (Wildman–Crippen LogP) is 1.61. The average Bonchev–Trinajstić information content (AvgIpc) is 2.19. The fraction of sp³-hybridized carbons (Fsp3) is 0.375. The zero-order valence-electron chi connectivity index (χ0n) is 9.07. The molecule has 0 aliphatic carbocycles. The largest absolute Gasteiger partial charge is 0.402 e. The molecule has 5 nitrogen and oxygen atoms in total. The van der Waals surface area contributed by atoms with E-state index in [1.807, 2.05) is 0 Å². The van der Waals surface area contributed by atoms with Gasteiger partial charge < -0.3 is 5.73 Å². The number of nitrogens with two attached hydrogens (primary N) is 1. The number of hydrogen-bond acceptors (Lipinski definition) is 4. The molecule has 102 valence electrons. The third kappa shape index (κ3) is 3.56. The lowest BCUT2D eigenvalue weighted by molar-refractivity contribution is -0.134. The topological polar surface area (TPSA) is 76.3 Å². The molecule has 1 aromatic rings. The number of anilines is 1. The van der Waals surface area contributed by atoms with Gasteiger partial charge in [-0.2, -0.15) is 17.5 Å². The third-order valence-electron chi connectivity index (χ3n) is 1.94. The van der Waals surface area contributed by atoms with Gasteiger partial charge in [0.05, 0.1) is 0 Å². The van der Waals surface area contributed by atoms with E-state index in [1.165, 1.54) is 6.20 Å². The van der Waals surface area contributed by atoms with E-state index in [1.54, 1.807) is 0 Å². The van der Waals surface area contributed by atoms with Crippen molar-refractivity contribution in [3.05, 3.63) is 16.7 Å². The summed E-state index contributed by atoms with van der Waals surface area (Å²) in [5.74, 6) is -0.354. The average molecular weight is 348 g/mol. The summed E-state index contributed by atoms with van der Waals surface area (Å²) in [7, 11) is -3.51. The minimum Gasteiger partial charge on any atom is -0.383 e. The molecule has 0 spiro atoms. The molecule has 10 heteroatoms. The van der Waals surface area contributed by atoms with Gasteiger partial charge >= 0.3 is 6.18 Å². The molecule has 1 rings (SSSR count). The molecule has 0 bridgehead atoms. The number of nitrogen functional groups attached to an aromatic ring is 1. The van der Waals surface area contributed by atoms with Crippen molar-refractivity contribution in [2.45, 2.75) is 11.1 Å². The van der Waals surface area contributed by atoms with Crippen LogP contribution in [0.3, 0.4) is 0 Å². The first-order valence-corrected chi connectivity index (χ1v) is 6.71. The minimum absolute atomic E-state index is 0.173. The molecule has 2 N–H and O–H groups in total. The van der Waals surface area contributed by atoms with Gasteiger partial charge in [-0.25, -0.2) is 13.4 Å². The third-order valence-corrected chi connectivity index (χ3v) is 4.20. The SMILES string of the molecule is CN(CC(F)(F)F)S(=O)(=O)c1cc(Br)cnc1N. The maximum Gasteiger partial charge on any atom is 0.402 e. The maximum absolute atomic E-state index is 12.2. The number of halogens is 4. The molecule has 1 aromatic heterocycles. The van der Waals surface area contributed by atoms with Crippen LogP contribution < -0.4 is 5.73 Å². The highest BCUT2D eigenvalue weighted by Crippen LogP contribution is 2.25. The Balaban J connectivity index is 3.17. The standard InChI is InChI=1S/C8H9BrF3N3O2S/c1-15(4-8(10,11)12)18(16,17)6-2-5(9)3-14-7(6)13/h2-3H,4H2,1H3,(H2,13,14). The zero-order chi connectivity index (χ0) is 14.1. The number of aromatic nitrogens is 1. The van der Waals surface area contributed by atoms with Gasteiger partial charge in [0, 0.05) is 17.7 Å². The van der Waals surface area contributed by atoms with E-state index in [2.05, 4.69) is 20.9 Å². The fourth-order valence-corrected chi connectivity index (χ4v) is 2.87. The second-order valence-corrected chi connectivity index (χ2v) is 6.34. The lowest BCUT2D eigenvalue weighted by Gasteiger charge is -2.19. The van der Waals surface area contributed by atoms with Gasteiger partial charge in [-0.3, -0.25) is 0 Å². The van der Waals surface area contributed by atoms with Crippen LogP contribution >= 0.6 is 15.9 Å². The van der Waals surface area contributed by atoms with Crippen LogP contribution in [0.15, 0.2) is 21.6 Å². The molecule has 0 aliphatic heterocycles. The fourth-order valence-electron chi connectivity index (χ4n) is 1.14. The van der Waals surface area contributed by atoms with E-state index in [9.17, 15) is 21.6 Å². The lowest BCUT2D eigenvalue weighted by Crippen LogP contribution is -2.36. The molecular weight excluding hydrogens is 339 g/mol. The molecule has 18 heavy (non-hydrogen) atoms. The van der Waals surface area contributed by atoms with Gasteiger partial charge in [0.25, 0.3) is 0 Å². The van der Waals surface area contributed by atoms with Crippen LogP contribution in [0.1, 0.15) is 0 Å². The Hall–Kier alpha value is -0.870. The van der Waals surface area contributed by atoms with Crippen molar-refractivity contribution in [3.8, 4) is 0 Å². The normalized spacial score (nSPS) is 13.0. The van der Waals surface area contributed by atoms with Crippen LogP contribution in [0.4, 0.5) is 19.0 Å². The second kappa shape index (κ2) is 5.02. The molecule has 1 heterocycles. The maximum atomic E-state index is 12.2. The smallest absolute Gasteiger partial charge is 0.383 e. The van der Waals surface area contributed by atoms with Gasteiger partial charge in [-0.15, -0.1) is 0 Å². The Morgan fingerprint density at radius 1 is 1.50 bits per heavy atom. The van der Waals surface area contributed by atoms with Crippen LogP contribution in [0.2, 0.25) is 0 Å². The second-order valence-electron chi connectivity index (χ2n) is 3.41. The lowest BCUT2D eigenvalue weighted by atomic mass is 10.5. The molecule has 0 saturated carbocycles. The molecule has 0 aromatic carbocycles. The van der Waals surface area contributed by atoms with E-state index in [-0.39, 0.29) is 10.1 Å². The van der Waals surface area contributed by atoms with Crippen LogP contribution in [0, 0.1) is 0 Å². The molecule has 0 radical (unpaired) electrons. The summed E-state index contributed by atoms with van der Waals surface area (Å²) >= 11 is 2.98. The predicted molar refractivity (Wildman–Crippen MR) is 62.2 cm³/mol. The number of rotatable bonds is 3. The first-order chi connectivity index (χ1) is 8.04. The van der Waals surface area contributed by atoms with Gasteiger partial charge in [-0.05, 0) is 22.0 Å². The number of nitrogens with zero attached hydrogens (tertiary/aromatic N) is 2. The van der Waals surface area contributed by atoms with Crippen molar-refractivity contribution in [2.75, 3.05) is 19.3 Å². The van der Waals surface area contributed by atoms with E-state index in [0.717, 1.165) is 13.1 Å². The van der Waals surface area contributed by atoms with Crippen molar-refractivity contribution in [3.63, 3.8) is 0 Å². The molecule has 0 atom stereocenters. The van der Waals surface area contributed by atoms with Gasteiger partial charge in [0.2, 0.25) is 10.0 Å². The highest BCUT2D eigenvalue weighted by Gasteiger charge is 2.35. The number of alkyl halides is 3. The Labute approximate surface area is 110 Å². The molecule has 0 amide bonds. The highest BCUT2D eigenvalue weighted by molar-refractivity contribution is 9.10. The molecular formula is C8H9BrF3N3O2S. The van der Waals surface area contributed by atoms with Gasteiger partial charge in [-0.1, -0.05) is 0 Å². The molecule has 0 unspecified atom stereocenters. The summed E-state index contributed by atoms with van der Waals surface area (Å²) in [4.78, 5) is 3.10. The number of hydrogen-bond donors (Lipinski definition) is 1. The van der Waals surface area contributed by atoms with E-state index >= 15 is 0 Å².